The number of hydrogen-bond acceptors (Lipinski definition) is 13. The molecule has 2 aromatic carbocycles. The van der Waals surface area contributed by atoms with E-state index in [1.54, 1.807) is 63.7 Å². The molecule has 0 saturated heterocycles. The Morgan fingerprint density at radius 2 is 1.21 bits per heavy atom. The highest BCUT2D eigenvalue weighted by atomic mass is 16.5. The van der Waals surface area contributed by atoms with Crippen molar-refractivity contribution < 1.29 is 43.0 Å². The summed E-state index contributed by atoms with van der Waals surface area (Å²) in [4.78, 5) is 100. The molecule has 4 heterocycles. The topological polar surface area (TPSA) is 292 Å². The van der Waals surface area contributed by atoms with Crippen molar-refractivity contribution >= 4 is 75.7 Å². The Morgan fingerprint density at radius 1 is 0.714 bits per heavy atom. The van der Waals surface area contributed by atoms with Crippen molar-refractivity contribution in [1.29, 1.82) is 0 Å². The van der Waals surface area contributed by atoms with Gasteiger partial charge in [0.1, 0.15) is 40.2 Å². The van der Waals surface area contributed by atoms with Crippen molar-refractivity contribution in [2.75, 3.05) is 51.5 Å². The number of allylic oxidation sites excluding steroid dienone is 3. The Morgan fingerprint density at radius 3 is 1.69 bits per heavy atom. The first-order valence-electron chi connectivity index (χ1n) is 22.3. The van der Waals surface area contributed by atoms with Gasteiger partial charge in [-0.3, -0.25) is 53.6 Å². The second-order valence-corrected chi connectivity index (χ2v) is 16.1. The van der Waals surface area contributed by atoms with Gasteiger partial charge in [-0.2, -0.15) is 10.2 Å². The standard InChI is InChI=1S/C47H56N14O9/c1-8-60-34(22-28(3)54-60)44(67)52-46-50-32-24-30(42(48)65)26-36(69-7)40(32)58(46)17-10-11-18-59-41-33(51-47(59)53-45(68)35-23-29(4)55-61(35)9-2)25-31(43(49)66)27-37(41)70-21-13-16-56(5)39(64)15-19-57(6)38(63)14-12-20-62/h10-12,14,20,22-27H,8-9,13,15-19,21H2,1-7H3,(H2,48,65)(H2,49,66)(H,50,52,67)(H,51,53,68)/b11-10+,14-12-. The number of nitrogens with one attached hydrogen (secondary N) is 2. The first-order chi connectivity index (χ1) is 33.5. The molecule has 0 atom stereocenters. The van der Waals surface area contributed by atoms with E-state index in [0.717, 1.165) is 12.2 Å². The van der Waals surface area contributed by atoms with E-state index in [2.05, 4.69) is 25.8 Å². The third-order valence-corrected chi connectivity index (χ3v) is 11.1. The van der Waals surface area contributed by atoms with Crippen LogP contribution in [0.25, 0.3) is 22.1 Å². The Balaban J connectivity index is 1.32. The Kier molecular flexibility index (Phi) is 16.3. The molecule has 0 saturated carbocycles. The molecule has 70 heavy (non-hydrogen) atoms. The lowest BCUT2D eigenvalue weighted by atomic mass is 10.1. The fourth-order valence-corrected chi connectivity index (χ4v) is 7.61. The summed E-state index contributed by atoms with van der Waals surface area (Å²) in [5, 5.41) is 14.6. The van der Waals surface area contributed by atoms with Gasteiger partial charge in [-0.15, -0.1) is 0 Å². The fraction of sp³-hybridized carbons (Fsp3) is 0.340. The van der Waals surface area contributed by atoms with Crippen LogP contribution < -0.4 is 31.6 Å². The molecule has 0 aliphatic carbocycles. The molecular formula is C47H56N14O9. The van der Waals surface area contributed by atoms with Crippen LogP contribution in [0.4, 0.5) is 11.9 Å². The minimum atomic E-state index is -0.743. The molecule has 0 fully saturated rings. The number of benzene rings is 2. The predicted molar refractivity (Wildman–Crippen MR) is 259 cm³/mol. The van der Waals surface area contributed by atoms with Crippen LogP contribution in [-0.2, 0) is 40.6 Å². The molecule has 0 bridgehead atoms. The second kappa shape index (κ2) is 22.4. The van der Waals surface area contributed by atoms with Crippen molar-refractivity contribution in [1.82, 2.24) is 48.5 Å². The maximum Gasteiger partial charge on any atom is 0.276 e. The van der Waals surface area contributed by atoms with Gasteiger partial charge in [0.15, 0.2) is 0 Å². The molecule has 0 aliphatic rings. The number of amides is 6. The van der Waals surface area contributed by atoms with E-state index in [9.17, 15) is 33.6 Å². The highest BCUT2D eigenvalue weighted by Crippen LogP contribution is 2.33. The minimum absolute atomic E-state index is 0.0531. The van der Waals surface area contributed by atoms with Crippen molar-refractivity contribution in [3.8, 4) is 11.5 Å². The van der Waals surface area contributed by atoms with Crippen LogP contribution in [-0.4, -0.2) is 131 Å². The lowest BCUT2D eigenvalue weighted by Gasteiger charge is -2.20. The number of likely N-dealkylation sites (N-methyl/N-ethyl adjacent to an activating group) is 1. The van der Waals surface area contributed by atoms with Crippen LogP contribution in [0.15, 0.2) is 60.7 Å². The molecular weight excluding hydrogens is 905 g/mol. The quantitative estimate of drug-likeness (QED) is 0.0311. The third kappa shape index (κ3) is 11.5. The number of imidazole rings is 2. The summed E-state index contributed by atoms with van der Waals surface area (Å²) in [5.74, 6) is -2.27. The van der Waals surface area contributed by atoms with Crippen LogP contribution in [0.5, 0.6) is 11.5 Å². The number of aldehydes is 1. The summed E-state index contributed by atoms with van der Waals surface area (Å²) in [6, 6.07) is 9.30. The van der Waals surface area contributed by atoms with Gasteiger partial charge in [0.25, 0.3) is 11.8 Å². The molecule has 368 valence electrons. The number of nitrogens with two attached hydrogens (primary N) is 2. The molecule has 6 N–H and O–H groups in total. The smallest absolute Gasteiger partial charge is 0.276 e. The third-order valence-electron chi connectivity index (χ3n) is 11.1. The largest absolute Gasteiger partial charge is 0.494 e. The van der Waals surface area contributed by atoms with Crippen LogP contribution in [0.3, 0.4) is 0 Å². The van der Waals surface area contributed by atoms with Gasteiger partial charge < -0.3 is 39.9 Å². The minimum Gasteiger partial charge on any atom is -0.494 e. The van der Waals surface area contributed by atoms with Gasteiger partial charge in [0.2, 0.25) is 35.5 Å². The van der Waals surface area contributed by atoms with Gasteiger partial charge in [-0.25, -0.2) is 9.97 Å². The lowest BCUT2D eigenvalue weighted by molar-refractivity contribution is -0.131. The number of primary amides is 2. The molecule has 6 rings (SSSR count). The maximum absolute atomic E-state index is 13.9. The molecule has 23 heteroatoms. The molecule has 0 unspecified atom stereocenters. The monoisotopic (exact) mass is 960 g/mol. The number of ether oxygens (including phenoxy) is 2. The molecule has 23 nitrogen and oxygen atoms in total. The van der Waals surface area contributed by atoms with Crippen molar-refractivity contribution in [2.24, 2.45) is 11.5 Å². The Bertz CT molecular complexity index is 3050. The van der Waals surface area contributed by atoms with E-state index in [0.29, 0.717) is 65.1 Å². The van der Waals surface area contributed by atoms with Crippen LogP contribution >= 0.6 is 0 Å². The summed E-state index contributed by atoms with van der Waals surface area (Å²) < 4.78 is 18.5. The van der Waals surface area contributed by atoms with Crippen LogP contribution in [0.2, 0.25) is 0 Å². The number of nitrogens with zero attached hydrogens (tertiary/aromatic N) is 10. The van der Waals surface area contributed by atoms with Crippen molar-refractivity contribution in [3.63, 3.8) is 0 Å². The zero-order chi connectivity index (χ0) is 50.8. The van der Waals surface area contributed by atoms with E-state index < -0.39 is 29.5 Å². The highest BCUT2D eigenvalue weighted by molar-refractivity contribution is 6.05. The number of hydrogen-bond donors (Lipinski definition) is 4. The van der Waals surface area contributed by atoms with Crippen LogP contribution in [0.1, 0.15) is 79.8 Å². The Hall–Kier alpha value is -8.63. The molecule has 0 aliphatic heterocycles. The zero-order valence-corrected chi connectivity index (χ0v) is 40.0. The van der Waals surface area contributed by atoms with Crippen molar-refractivity contribution in [2.45, 2.75) is 66.7 Å². The van der Waals surface area contributed by atoms with Crippen LogP contribution in [0, 0.1) is 13.8 Å². The predicted octanol–water partition coefficient (Wildman–Crippen LogP) is 3.23. The number of carbonyl (C=O) groups excluding carboxylic acids is 7. The highest BCUT2D eigenvalue weighted by Gasteiger charge is 2.24. The van der Waals surface area contributed by atoms with Crippen molar-refractivity contribution in [3.05, 3.63) is 94.6 Å². The number of aryl methyl sites for hydroxylation is 4. The number of fused-ring (bicyclic) bond motifs is 2. The van der Waals surface area contributed by atoms with Gasteiger partial charge >= 0.3 is 0 Å². The van der Waals surface area contributed by atoms with Gasteiger partial charge in [0, 0.05) is 77.0 Å². The van der Waals surface area contributed by atoms with Gasteiger partial charge in [-0.1, -0.05) is 12.2 Å². The summed E-state index contributed by atoms with van der Waals surface area (Å²) >= 11 is 0. The number of carbonyl (C=O) groups is 7. The molecule has 0 spiro atoms. The summed E-state index contributed by atoms with van der Waals surface area (Å²) in [7, 11) is 4.60. The van der Waals surface area contributed by atoms with Gasteiger partial charge in [0.05, 0.1) is 36.1 Å². The Labute approximate surface area is 402 Å². The van der Waals surface area contributed by atoms with E-state index in [1.165, 1.54) is 48.2 Å². The molecule has 0 radical (unpaired) electrons. The molecule has 4 aromatic heterocycles. The first-order valence-corrected chi connectivity index (χ1v) is 22.3. The van der Waals surface area contributed by atoms with E-state index in [1.807, 2.05) is 13.8 Å². The summed E-state index contributed by atoms with van der Waals surface area (Å²) in [5.41, 5.74) is 15.1. The average Bonchev–Trinajstić information content (AvgIpc) is 4.11. The van der Waals surface area contributed by atoms with E-state index in [-0.39, 0.29) is 85.2 Å². The lowest BCUT2D eigenvalue weighted by Crippen LogP contribution is -2.33. The zero-order valence-electron chi connectivity index (χ0n) is 40.0. The maximum atomic E-state index is 13.9. The normalized spacial score (nSPS) is 11.4. The second-order valence-electron chi connectivity index (χ2n) is 16.1. The summed E-state index contributed by atoms with van der Waals surface area (Å²) in [6.45, 7) is 8.86. The summed E-state index contributed by atoms with van der Waals surface area (Å²) in [6.07, 6.45) is 6.72. The number of anilines is 2. The average molecular weight is 961 g/mol. The fourth-order valence-electron chi connectivity index (χ4n) is 7.61. The first kappa shape index (κ1) is 50.8. The molecule has 6 amide bonds. The number of aromatic nitrogens is 8. The van der Waals surface area contributed by atoms with Gasteiger partial charge in [-0.05, 0) is 76.6 Å². The van der Waals surface area contributed by atoms with E-state index >= 15 is 0 Å². The molecule has 6 aromatic rings. The number of methoxy groups -OCH3 is 1. The van der Waals surface area contributed by atoms with E-state index in [4.69, 9.17) is 25.9 Å². The SMILES string of the molecule is CCn1nc(C)cc1C(=O)Nc1nc2cc(C(N)=O)cc(OC)c2n1C/C=C/Cn1c(NC(=O)c2cc(C)nn2CC)nc2cc(C(N)=O)cc(OCCCN(C)C(=O)CCN(C)C(=O)/C=C\C=O)c21. The number of rotatable bonds is 23.